The highest BCUT2D eigenvalue weighted by atomic mass is 35.5. The van der Waals surface area contributed by atoms with Crippen LogP contribution in [0.2, 0.25) is 5.02 Å². The van der Waals surface area contributed by atoms with E-state index in [0.717, 1.165) is 57.6 Å². The molecule has 2 heterocycles. The number of rotatable bonds is 6. The van der Waals surface area contributed by atoms with Gasteiger partial charge in [0.15, 0.2) is 0 Å². The average molecular weight is 419 g/mol. The molecule has 150 valence electrons. The maximum Gasteiger partial charge on any atom is 0.230 e. The van der Waals surface area contributed by atoms with Crippen LogP contribution in [-0.2, 0) is 14.9 Å². The SMILES string of the molecule is O=C(NCC(c1cccs1)N1CCOCC1)C1(c2ccc(Cl)cc2)CCCC1. The Kier molecular flexibility index (Phi) is 6.36. The highest BCUT2D eigenvalue weighted by Gasteiger charge is 2.42. The Morgan fingerprint density at radius 2 is 1.89 bits per heavy atom. The molecule has 1 aromatic heterocycles. The van der Waals surface area contributed by atoms with E-state index >= 15 is 0 Å². The van der Waals surface area contributed by atoms with Crippen LogP contribution in [-0.4, -0.2) is 43.7 Å². The average Bonchev–Trinajstić information content (AvgIpc) is 3.42. The van der Waals surface area contributed by atoms with Crippen LogP contribution in [0.3, 0.4) is 0 Å². The first-order valence-electron chi connectivity index (χ1n) is 10.1. The number of ether oxygens (including phenoxy) is 1. The molecule has 1 aliphatic carbocycles. The number of amides is 1. The zero-order valence-electron chi connectivity index (χ0n) is 16.0. The van der Waals surface area contributed by atoms with Crippen molar-refractivity contribution in [2.75, 3.05) is 32.8 Å². The molecule has 1 N–H and O–H groups in total. The zero-order valence-corrected chi connectivity index (χ0v) is 17.6. The van der Waals surface area contributed by atoms with Crippen LogP contribution < -0.4 is 5.32 Å². The quantitative estimate of drug-likeness (QED) is 0.755. The summed E-state index contributed by atoms with van der Waals surface area (Å²) in [6.07, 6.45) is 3.99. The van der Waals surface area contributed by atoms with Gasteiger partial charge in [-0.3, -0.25) is 9.69 Å². The van der Waals surface area contributed by atoms with Gasteiger partial charge >= 0.3 is 0 Å². The van der Waals surface area contributed by atoms with E-state index in [-0.39, 0.29) is 11.9 Å². The Bertz CT molecular complexity index is 766. The maximum atomic E-state index is 13.4. The molecule has 1 unspecified atom stereocenters. The second-order valence-corrected chi connectivity index (χ2v) is 9.10. The number of halogens is 1. The van der Waals surface area contributed by atoms with Crippen molar-refractivity contribution >= 4 is 28.8 Å². The van der Waals surface area contributed by atoms with Crippen LogP contribution in [0.4, 0.5) is 0 Å². The smallest absolute Gasteiger partial charge is 0.230 e. The molecule has 28 heavy (non-hydrogen) atoms. The minimum atomic E-state index is -0.421. The number of hydrogen-bond donors (Lipinski definition) is 1. The van der Waals surface area contributed by atoms with E-state index in [0.29, 0.717) is 11.6 Å². The topological polar surface area (TPSA) is 41.6 Å². The van der Waals surface area contributed by atoms with E-state index in [1.807, 2.05) is 24.3 Å². The van der Waals surface area contributed by atoms with Crippen LogP contribution in [0.25, 0.3) is 0 Å². The number of carbonyl (C=O) groups is 1. The minimum absolute atomic E-state index is 0.155. The van der Waals surface area contributed by atoms with Gasteiger partial charge in [-0.25, -0.2) is 0 Å². The van der Waals surface area contributed by atoms with Crippen LogP contribution in [0.5, 0.6) is 0 Å². The molecule has 2 fully saturated rings. The third-order valence-electron chi connectivity index (χ3n) is 6.10. The second kappa shape index (κ2) is 8.95. The van der Waals surface area contributed by atoms with Gasteiger partial charge in [0.05, 0.1) is 24.7 Å². The molecular formula is C22H27ClN2O2S. The molecule has 1 aliphatic heterocycles. The molecule has 4 rings (SSSR count). The predicted molar refractivity (Wildman–Crippen MR) is 114 cm³/mol. The summed E-state index contributed by atoms with van der Waals surface area (Å²) >= 11 is 7.83. The van der Waals surface area contributed by atoms with E-state index in [1.54, 1.807) is 11.3 Å². The third-order valence-corrected chi connectivity index (χ3v) is 7.33. The van der Waals surface area contributed by atoms with Gasteiger partial charge in [0.1, 0.15) is 0 Å². The fourth-order valence-corrected chi connectivity index (χ4v) is 5.52. The molecule has 1 aromatic carbocycles. The molecule has 1 saturated carbocycles. The standard InChI is InChI=1S/C22H27ClN2O2S/c23-18-7-5-17(6-8-18)22(9-1-2-10-22)21(26)24-16-19(20-4-3-15-28-20)25-11-13-27-14-12-25/h3-8,15,19H,1-2,9-14,16H2,(H,24,26). The van der Waals surface area contributed by atoms with E-state index in [4.69, 9.17) is 16.3 Å². The summed E-state index contributed by atoms with van der Waals surface area (Å²) in [5, 5.41) is 6.13. The maximum absolute atomic E-state index is 13.4. The van der Waals surface area contributed by atoms with Gasteiger partial charge in [-0.2, -0.15) is 0 Å². The normalized spacial score (nSPS) is 20.8. The van der Waals surface area contributed by atoms with E-state index in [9.17, 15) is 4.79 Å². The molecule has 6 heteroatoms. The molecule has 0 radical (unpaired) electrons. The van der Waals surface area contributed by atoms with Crippen LogP contribution in [0.15, 0.2) is 41.8 Å². The van der Waals surface area contributed by atoms with Gasteiger partial charge in [-0.1, -0.05) is 42.6 Å². The number of benzene rings is 1. The first kappa shape index (κ1) is 19.9. The molecule has 2 aromatic rings. The largest absolute Gasteiger partial charge is 0.379 e. The van der Waals surface area contributed by atoms with Crippen molar-refractivity contribution in [3.05, 3.63) is 57.2 Å². The Balaban J connectivity index is 1.51. The number of nitrogens with zero attached hydrogens (tertiary/aromatic N) is 1. The number of thiophene rings is 1. The number of morpholine rings is 1. The molecule has 1 atom stereocenters. The van der Waals surface area contributed by atoms with E-state index in [2.05, 4.69) is 27.7 Å². The highest BCUT2D eigenvalue weighted by Crippen LogP contribution is 2.42. The summed E-state index contributed by atoms with van der Waals surface area (Å²) in [5.74, 6) is 0.155. The van der Waals surface area contributed by atoms with Gasteiger partial charge in [-0.05, 0) is 42.0 Å². The molecular weight excluding hydrogens is 392 g/mol. The van der Waals surface area contributed by atoms with Crippen molar-refractivity contribution in [2.24, 2.45) is 0 Å². The van der Waals surface area contributed by atoms with E-state index < -0.39 is 5.41 Å². The Labute approximate surface area is 175 Å². The van der Waals surface area contributed by atoms with Gasteiger partial charge in [0, 0.05) is 29.5 Å². The molecule has 1 saturated heterocycles. The predicted octanol–water partition coefficient (Wildman–Crippen LogP) is 4.40. The van der Waals surface area contributed by atoms with Gasteiger partial charge in [0.2, 0.25) is 5.91 Å². The van der Waals surface area contributed by atoms with Crippen LogP contribution in [0, 0.1) is 0 Å². The molecule has 1 amide bonds. The second-order valence-electron chi connectivity index (χ2n) is 7.69. The van der Waals surface area contributed by atoms with Crippen molar-refractivity contribution in [3.8, 4) is 0 Å². The molecule has 0 spiro atoms. The number of hydrogen-bond acceptors (Lipinski definition) is 4. The number of carbonyl (C=O) groups excluding carboxylic acids is 1. The lowest BCUT2D eigenvalue weighted by Gasteiger charge is -2.35. The summed E-state index contributed by atoms with van der Waals surface area (Å²) in [4.78, 5) is 17.2. The summed E-state index contributed by atoms with van der Waals surface area (Å²) in [5.41, 5.74) is 0.668. The van der Waals surface area contributed by atoms with Gasteiger partial charge in [-0.15, -0.1) is 11.3 Å². The third kappa shape index (κ3) is 4.13. The van der Waals surface area contributed by atoms with Crippen molar-refractivity contribution in [1.82, 2.24) is 10.2 Å². The first-order valence-corrected chi connectivity index (χ1v) is 11.3. The van der Waals surface area contributed by atoms with Crippen molar-refractivity contribution in [1.29, 1.82) is 0 Å². The lowest BCUT2D eigenvalue weighted by atomic mass is 9.78. The zero-order chi connectivity index (χ0) is 19.4. The minimum Gasteiger partial charge on any atom is -0.379 e. The molecule has 4 nitrogen and oxygen atoms in total. The summed E-state index contributed by atoms with van der Waals surface area (Å²) in [6.45, 7) is 3.95. The lowest BCUT2D eigenvalue weighted by Crippen LogP contribution is -2.48. The Morgan fingerprint density at radius 1 is 1.18 bits per heavy atom. The molecule has 0 bridgehead atoms. The van der Waals surface area contributed by atoms with Gasteiger partial charge < -0.3 is 10.1 Å². The highest BCUT2D eigenvalue weighted by molar-refractivity contribution is 7.10. The van der Waals surface area contributed by atoms with Gasteiger partial charge in [0.25, 0.3) is 0 Å². The van der Waals surface area contributed by atoms with Crippen molar-refractivity contribution in [3.63, 3.8) is 0 Å². The van der Waals surface area contributed by atoms with Crippen LogP contribution >= 0.6 is 22.9 Å². The number of nitrogens with one attached hydrogen (secondary N) is 1. The van der Waals surface area contributed by atoms with Crippen molar-refractivity contribution in [2.45, 2.75) is 37.1 Å². The summed E-state index contributed by atoms with van der Waals surface area (Å²) < 4.78 is 5.52. The fourth-order valence-electron chi connectivity index (χ4n) is 4.53. The lowest BCUT2D eigenvalue weighted by molar-refractivity contribution is -0.127. The molecule has 2 aliphatic rings. The van der Waals surface area contributed by atoms with Crippen molar-refractivity contribution < 1.29 is 9.53 Å². The fraction of sp³-hybridized carbons (Fsp3) is 0.500. The first-order chi connectivity index (χ1) is 13.7. The van der Waals surface area contributed by atoms with E-state index in [1.165, 1.54) is 4.88 Å². The Hall–Kier alpha value is -1.40. The monoisotopic (exact) mass is 418 g/mol. The van der Waals surface area contributed by atoms with Crippen LogP contribution in [0.1, 0.15) is 42.2 Å². The Morgan fingerprint density at radius 3 is 2.54 bits per heavy atom. The summed E-state index contributed by atoms with van der Waals surface area (Å²) in [6, 6.07) is 12.3. The summed E-state index contributed by atoms with van der Waals surface area (Å²) in [7, 11) is 0.